The van der Waals surface area contributed by atoms with Gasteiger partial charge in [-0.1, -0.05) is 13.3 Å². The van der Waals surface area contributed by atoms with Crippen LogP contribution in [0.2, 0.25) is 0 Å². The fraction of sp³-hybridized carbons (Fsp3) is 0.318. The van der Waals surface area contributed by atoms with E-state index in [9.17, 15) is 0 Å². The van der Waals surface area contributed by atoms with E-state index in [-0.39, 0.29) is 18.4 Å². The minimum atomic E-state index is 0. The van der Waals surface area contributed by atoms with Crippen molar-refractivity contribution in [2.75, 3.05) is 11.9 Å². The molecular formula is C22H25ClN7O2-. The molecule has 0 spiro atoms. The smallest absolute Gasteiger partial charge is 0.219 e. The number of nitrogens with zero attached hydrogens (tertiary/aromatic N) is 6. The lowest BCUT2D eigenvalue weighted by molar-refractivity contribution is -0.00000784. The molecule has 0 saturated heterocycles. The highest BCUT2D eigenvalue weighted by molar-refractivity contribution is 5.91. The molecule has 0 aliphatic carbocycles. The van der Waals surface area contributed by atoms with Gasteiger partial charge in [-0.2, -0.15) is 9.90 Å². The number of anilines is 2. The van der Waals surface area contributed by atoms with Crippen molar-refractivity contribution < 1.29 is 21.9 Å². The Kier molecular flexibility index (Phi) is 7.77. The molecule has 168 valence electrons. The Morgan fingerprint density at radius 1 is 1.03 bits per heavy atom. The summed E-state index contributed by atoms with van der Waals surface area (Å²) in [6.07, 6.45) is 6.95. The van der Waals surface area contributed by atoms with E-state index >= 15 is 0 Å². The number of rotatable bonds is 9. The van der Waals surface area contributed by atoms with Gasteiger partial charge in [-0.15, -0.1) is 5.10 Å². The van der Waals surface area contributed by atoms with Crippen LogP contribution in [0.5, 0.6) is 17.4 Å². The molecule has 1 aromatic carbocycles. The first-order valence-electron chi connectivity index (χ1n) is 10.3. The Hall–Kier alpha value is -3.46. The number of halogens is 1. The molecule has 0 atom stereocenters. The van der Waals surface area contributed by atoms with E-state index in [0.29, 0.717) is 29.9 Å². The third-order valence-electron chi connectivity index (χ3n) is 4.52. The van der Waals surface area contributed by atoms with Gasteiger partial charge < -0.3 is 27.2 Å². The Labute approximate surface area is 192 Å². The first-order chi connectivity index (χ1) is 15.1. The average molecular weight is 455 g/mol. The zero-order valence-electron chi connectivity index (χ0n) is 18.2. The third-order valence-corrected chi connectivity index (χ3v) is 4.52. The summed E-state index contributed by atoms with van der Waals surface area (Å²) in [5.74, 6) is 3.07. The standard InChI is InChI=1S/C22H25N7O2.ClH/c1-4-5-10-30-17-7-9-21(23-12-17)31-16-6-8-19-18(11-16)22(25-14-24-19)27-20-13-26-29(28-20)15(2)3;/h6-9,11-15H,4-5,10H2,1-3H3,(H,24,25,27,28);1H/p-1. The maximum absolute atomic E-state index is 5.93. The highest BCUT2D eigenvalue weighted by Gasteiger charge is 2.10. The number of hydrogen-bond donors (Lipinski definition) is 1. The molecule has 4 aromatic rings. The van der Waals surface area contributed by atoms with Crippen molar-refractivity contribution in [3.05, 3.63) is 49.1 Å². The molecule has 0 aliphatic heterocycles. The number of hydrogen-bond acceptors (Lipinski definition) is 8. The molecule has 0 aliphatic rings. The summed E-state index contributed by atoms with van der Waals surface area (Å²) in [5, 5.41) is 12.7. The van der Waals surface area contributed by atoms with Gasteiger partial charge >= 0.3 is 0 Å². The average Bonchev–Trinajstić information content (AvgIpc) is 3.25. The molecule has 3 aromatic heterocycles. The van der Waals surface area contributed by atoms with E-state index in [1.807, 2.05) is 38.1 Å². The molecule has 32 heavy (non-hydrogen) atoms. The summed E-state index contributed by atoms with van der Waals surface area (Å²) in [6, 6.07) is 9.42. The molecule has 0 radical (unpaired) electrons. The molecule has 9 nitrogen and oxygen atoms in total. The van der Waals surface area contributed by atoms with Gasteiger partial charge in [-0.25, -0.2) is 15.0 Å². The van der Waals surface area contributed by atoms with Crippen molar-refractivity contribution in [1.29, 1.82) is 0 Å². The highest BCUT2D eigenvalue weighted by atomic mass is 35.5. The van der Waals surface area contributed by atoms with Crippen LogP contribution in [0.25, 0.3) is 10.9 Å². The van der Waals surface area contributed by atoms with Gasteiger partial charge in [0.2, 0.25) is 5.88 Å². The van der Waals surface area contributed by atoms with Gasteiger partial charge in [-0.05, 0) is 44.5 Å². The van der Waals surface area contributed by atoms with Crippen molar-refractivity contribution >= 4 is 22.5 Å². The monoisotopic (exact) mass is 454 g/mol. The number of benzene rings is 1. The molecule has 0 bridgehead atoms. The van der Waals surface area contributed by atoms with Crippen LogP contribution in [0.15, 0.2) is 49.1 Å². The number of ether oxygens (including phenoxy) is 2. The van der Waals surface area contributed by atoms with E-state index in [2.05, 4.69) is 37.4 Å². The molecule has 10 heteroatoms. The van der Waals surface area contributed by atoms with Gasteiger partial charge in [-0.3, -0.25) is 0 Å². The number of nitrogens with one attached hydrogen (secondary N) is 1. The van der Waals surface area contributed by atoms with Crippen LogP contribution in [-0.2, 0) is 0 Å². The van der Waals surface area contributed by atoms with E-state index < -0.39 is 0 Å². The van der Waals surface area contributed by atoms with Gasteiger partial charge in [0, 0.05) is 11.5 Å². The summed E-state index contributed by atoms with van der Waals surface area (Å²) >= 11 is 0. The fourth-order valence-electron chi connectivity index (χ4n) is 2.87. The summed E-state index contributed by atoms with van der Waals surface area (Å²) in [5.41, 5.74) is 0.786. The fourth-order valence-corrected chi connectivity index (χ4v) is 2.87. The molecule has 3 heterocycles. The summed E-state index contributed by atoms with van der Waals surface area (Å²) in [6.45, 7) is 6.85. The Bertz CT molecular complexity index is 1150. The van der Waals surface area contributed by atoms with Gasteiger partial charge in [0.05, 0.1) is 30.6 Å². The maximum Gasteiger partial charge on any atom is 0.219 e. The zero-order valence-corrected chi connectivity index (χ0v) is 19.0. The van der Waals surface area contributed by atoms with E-state index in [0.717, 1.165) is 29.5 Å². The third kappa shape index (κ3) is 5.61. The lowest BCUT2D eigenvalue weighted by Crippen LogP contribution is -3.00. The molecule has 1 N–H and O–H groups in total. The molecule has 0 saturated carbocycles. The van der Waals surface area contributed by atoms with E-state index in [4.69, 9.17) is 9.47 Å². The van der Waals surface area contributed by atoms with Crippen LogP contribution < -0.4 is 27.2 Å². The number of aromatic nitrogens is 6. The van der Waals surface area contributed by atoms with Crippen LogP contribution in [0.3, 0.4) is 0 Å². The van der Waals surface area contributed by atoms with Crippen molar-refractivity contribution in [1.82, 2.24) is 29.9 Å². The van der Waals surface area contributed by atoms with Crippen LogP contribution >= 0.6 is 0 Å². The summed E-state index contributed by atoms with van der Waals surface area (Å²) in [7, 11) is 0. The zero-order chi connectivity index (χ0) is 21.6. The molecule has 0 fully saturated rings. The van der Waals surface area contributed by atoms with Crippen LogP contribution in [-0.4, -0.2) is 36.6 Å². The Balaban J connectivity index is 0.00000289. The van der Waals surface area contributed by atoms with Crippen LogP contribution in [0.4, 0.5) is 11.6 Å². The van der Waals surface area contributed by atoms with Crippen LogP contribution in [0.1, 0.15) is 39.7 Å². The topological polar surface area (TPSA) is 99.9 Å². The van der Waals surface area contributed by atoms with Crippen molar-refractivity contribution in [2.24, 2.45) is 0 Å². The lowest BCUT2D eigenvalue weighted by Gasteiger charge is -2.09. The highest BCUT2D eigenvalue weighted by Crippen LogP contribution is 2.29. The van der Waals surface area contributed by atoms with Crippen molar-refractivity contribution in [3.8, 4) is 17.4 Å². The van der Waals surface area contributed by atoms with Gasteiger partial charge in [0.25, 0.3) is 0 Å². The SMILES string of the molecule is CCCCOc1ccc(Oc2ccc3ncnc(Nc4cnn(C(C)C)n4)c3c2)nc1.[Cl-]. The maximum atomic E-state index is 5.93. The molecule has 4 rings (SSSR count). The first kappa shape index (κ1) is 23.2. The quantitative estimate of drug-likeness (QED) is 0.383. The van der Waals surface area contributed by atoms with Crippen LogP contribution in [0, 0.1) is 0 Å². The predicted molar refractivity (Wildman–Crippen MR) is 118 cm³/mol. The van der Waals surface area contributed by atoms with Crippen molar-refractivity contribution in [3.63, 3.8) is 0 Å². The first-order valence-corrected chi connectivity index (χ1v) is 10.3. The molecular weight excluding hydrogens is 430 g/mol. The normalized spacial score (nSPS) is 10.8. The largest absolute Gasteiger partial charge is 1.00 e. The second-order valence-corrected chi connectivity index (χ2v) is 7.31. The number of fused-ring (bicyclic) bond motifs is 1. The Morgan fingerprint density at radius 3 is 2.59 bits per heavy atom. The Morgan fingerprint density at radius 2 is 1.88 bits per heavy atom. The second-order valence-electron chi connectivity index (χ2n) is 7.31. The van der Waals surface area contributed by atoms with E-state index in [1.165, 1.54) is 6.33 Å². The molecule has 0 unspecified atom stereocenters. The van der Waals surface area contributed by atoms with E-state index in [1.54, 1.807) is 23.3 Å². The minimum absolute atomic E-state index is 0. The second kappa shape index (κ2) is 10.7. The lowest BCUT2D eigenvalue weighted by atomic mass is 10.2. The van der Waals surface area contributed by atoms with Crippen molar-refractivity contribution in [2.45, 2.75) is 39.7 Å². The summed E-state index contributed by atoms with van der Waals surface area (Å²) in [4.78, 5) is 14.7. The van der Waals surface area contributed by atoms with Gasteiger partial charge in [0.15, 0.2) is 5.82 Å². The number of unbranched alkanes of at least 4 members (excludes halogenated alkanes) is 1. The number of pyridine rings is 1. The minimum Gasteiger partial charge on any atom is -1.00 e. The predicted octanol–water partition coefficient (Wildman–Crippen LogP) is 1.92. The van der Waals surface area contributed by atoms with Gasteiger partial charge in [0.1, 0.15) is 23.6 Å². The molecule has 0 amide bonds. The summed E-state index contributed by atoms with van der Waals surface area (Å²) < 4.78 is 11.6.